The van der Waals surface area contributed by atoms with E-state index in [2.05, 4.69) is 19.9 Å². The molecule has 0 unspecified atom stereocenters. The van der Waals surface area contributed by atoms with Gasteiger partial charge in [0.25, 0.3) is 0 Å². The molecule has 3 rings (SSSR count). The zero-order valence-corrected chi connectivity index (χ0v) is 10.7. The second-order valence-electron chi connectivity index (χ2n) is 5.40. The summed E-state index contributed by atoms with van der Waals surface area (Å²) in [5.41, 5.74) is 1.94. The molecule has 3 heteroatoms. The first-order chi connectivity index (χ1) is 7.65. The smallest absolute Gasteiger partial charge is 0.353 e. The Labute approximate surface area is 102 Å². The van der Waals surface area contributed by atoms with Crippen molar-refractivity contribution in [2.45, 2.75) is 51.7 Å². The summed E-state index contributed by atoms with van der Waals surface area (Å²) in [5.74, 6) is 0.595. The predicted molar refractivity (Wildman–Crippen MR) is 66.2 cm³/mol. The van der Waals surface area contributed by atoms with Crippen molar-refractivity contribution in [1.29, 1.82) is 0 Å². The molecule has 3 fully saturated rings. The SMILES string of the molecule is C/C=C1/CC[C@H]2[C@H]3OC(=S)O[C@H]3CC[C@]12C. The van der Waals surface area contributed by atoms with Gasteiger partial charge in [0.2, 0.25) is 0 Å². The summed E-state index contributed by atoms with van der Waals surface area (Å²) < 4.78 is 11.3. The number of fused-ring (bicyclic) bond motifs is 3. The Hall–Kier alpha value is -0.570. The minimum Gasteiger partial charge on any atom is -0.450 e. The highest BCUT2D eigenvalue weighted by molar-refractivity contribution is 7.79. The Morgan fingerprint density at radius 1 is 1.38 bits per heavy atom. The molecule has 0 spiro atoms. The first-order valence-corrected chi connectivity index (χ1v) is 6.59. The molecule has 3 aliphatic rings. The maximum Gasteiger partial charge on any atom is 0.353 e. The summed E-state index contributed by atoms with van der Waals surface area (Å²) in [6.07, 6.45) is 7.47. The highest BCUT2D eigenvalue weighted by atomic mass is 32.1. The first kappa shape index (κ1) is 10.6. The summed E-state index contributed by atoms with van der Waals surface area (Å²) in [4.78, 5) is 0. The highest BCUT2D eigenvalue weighted by Gasteiger charge is 2.55. The monoisotopic (exact) mass is 238 g/mol. The van der Waals surface area contributed by atoms with E-state index in [1.807, 2.05) is 0 Å². The van der Waals surface area contributed by atoms with Crippen LogP contribution in [0.5, 0.6) is 0 Å². The van der Waals surface area contributed by atoms with Crippen LogP contribution >= 0.6 is 12.2 Å². The lowest BCUT2D eigenvalue weighted by Gasteiger charge is -2.41. The summed E-state index contributed by atoms with van der Waals surface area (Å²) >= 11 is 5.03. The number of hydrogen-bond acceptors (Lipinski definition) is 3. The van der Waals surface area contributed by atoms with Crippen LogP contribution in [0.2, 0.25) is 0 Å². The minimum atomic E-state index is 0.212. The summed E-state index contributed by atoms with van der Waals surface area (Å²) in [6.45, 7) is 4.55. The van der Waals surface area contributed by atoms with Gasteiger partial charge in [0.1, 0.15) is 12.2 Å². The summed E-state index contributed by atoms with van der Waals surface area (Å²) in [5, 5.41) is 0.369. The van der Waals surface area contributed by atoms with Gasteiger partial charge in [-0.2, -0.15) is 0 Å². The van der Waals surface area contributed by atoms with Crippen LogP contribution in [-0.2, 0) is 9.47 Å². The molecular formula is C13H18O2S. The van der Waals surface area contributed by atoms with Gasteiger partial charge in [-0.25, -0.2) is 0 Å². The van der Waals surface area contributed by atoms with E-state index in [4.69, 9.17) is 21.7 Å². The second-order valence-corrected chi connectivity index (χ2v) is 5.74. The van der Waals surface area contributed by atoms with Crippen LogP contribution in [0.25, 0.3) is 0 Å². The molecule has 0 aromatic heterocycles. The Bertz CT molecular complexity index is 363. The van der Waals surface area contributed by atoms with E-state index < -0.39 is 0 Å². The van der Waals surface area contributed by atoms with Gasteiger partial charge >= 0.3 is 5.24 Å². The van der Waals surface area contributed by atoms with E-state index in [0.29, 0.717) is 16.6 Å². The van der Waals surface area contributed by atoms with Crippen LogP contribution in [0.15, 0.2) is 11.6 Å². The van der Waals surface area contributed by atoms with E-state index in [-0.39, 0.29) is 12.2 Å². The average Bonchev–Trinajstić information content (AvgIpc) is 2.76. The quantitative estimate of drug-likeness (QED) is 0.477. The maximum atomic E-state index is 5.72. The molecule has 2 aliphatic carbocycles. The van der Waals surface area contributed by atoms with Gasteiger partial charge in [0.05, 0.1) is 0 Å². The molecule has 0 radical (unpaired) electrons. The molecule has 0 aromatic carbocycles. The van der Waals surface area contributed by atoms with Crippen molar-refractivity contribution in [3.63, 3.8) is 0 Å². The fraction of sp³-hybridized carbons (Fsp3) is 0.769. The fourth-order valence-corrected chi connectivity index (χ4v) is 4.15. The Kier molecular flexibility index (Phi) is 2.29. The molecule has 0 amide bonds. The van der Waals surface area contributed by atoms with E-state index >= 15 is 0 Å². The topological polar surface area (TPSA) is 18.5 Å². The van der Waals surface area contributed by atoms with Crippen molar-refractivity contribution in [1.82, 2.24) is 0 Å². The van der Waals surface area contributed by atoms with Crippen molar-refractivity contribution < 1.29 is 9.47 Å². The molecule has 1 aliphatic heterocycles. The highest BCUT2D eigenvalue weighted by Crippen LogP contribution is 2.57. The third-order valence-corrected chi connectivity index (χ3v) is 5.01. The van der Waals surface area contributed by atoms with Crippen molar-refractivity contribution in [2.24, 2.45) is 11.3 Å². The Balaban J connectivity index is 1.93. The standard InChI is InChI=1S/C13H18O2S/c1-3-8-4-5-9-11-10(14-12(16)15-11)6-7-13(8,9)2/h3,9-11H,4-7H2,1-2H3/b8-3-/t9-,10-,11+,13+/m0/s1. The van der Waals surface area contributed by atoms with Crippen LogP contribution in [-0.4, -0.2) is 17.4 Å². The lowest BCUT2D eigenvalue weighted by molar-refractivity contribution is 0.00339. The number of allylic oxidation sites excluding steroid dienone is 2. The van der Waals surface area contributed by atoms with Gasteiger partial charge in [-0.1, -0.05) is 18.6 Å². The molecule has 88 valence electrons. The van der Waals surface area contributed by atoms with Crippen LogP contribution in [0.1, 0.15) is 39.5 Å². The molecule has 0 N–H and O–H groups in total. The fourth-order valence-electron chi connectivity index (χ4n) is 3.91. The molecule has 16 heavy (non-hydrogen) atoms. The van der Waals surface area contributed by atoms with E-state index in [1.165, 1.54) is 19.3 Å². The average molecular weight is 238 g/mol. The number of ether oxygens (including phenoxy) is 2. The van der Waals surface area contributed by atoms with E-state index in [1.54, 1.807) is 5.57 Å². The summed E-state index contributed by atoms with van der Waals surface area (Å²) in [6, 6.07) is 0. The summed E-state index contributed by atoms with van der Waals surface area (Å²) in [7, 11) is 0. The molecule has 4 atom stereocenters. The van der Waals surface area contributed by atoms with E-state index in [9.17, 15) is 0 Å². The normalized spacial score (nSPS) is 48.5. The van der Waals surface area contributed by atoms with Gasteiger partial charge in [0.15, 0.2) is 0 Å². The van der Waals surface area contributed by atoms with Gasteiger partial charge in [-0.3, -0.25) is 0 Å². The molecule has 1 saturated heterocycles. The van der Waals surface area contributed by atoms with Gasteiger partial charge in [-0.15, -0.1) is 0 Å². The number of rotatable bonds is 0. The molecule has 1 heterocycles. The number of thiocarbonyl (C=S) groups is 1. The van der Waals surface area contributed by atoms with Crippen LogP contribution in [0.4, 0.5) is 0 Å². The van der Waals surface area contributed by atoms with Crippen molar-refractivity contribution >= 4 is 17.5 Å². The Morgan fingerprint density at radius 3 is 2.94 bits per heavy atom. The van der Waals surface area contributed by atoms with Gasteiger partial charge < -0.3 is 9.47 Å². The lowest BCUT2D eigenvalue weighted by atomic mass is 9.65. The zero-order valence-electron chi connectivity index (χ0n) is 9.86. The largest absolute Gasteiger partial charge is 0.450 e. The maximum absolute atomic E-state index is 5.72. The van der Waals surface area contributed by atoms with Gasteiger partial charge in [0, 0.05) is 18.1 Å². The number of hydrogen-bond donors (Lipinski definition) is 0. The lowest BCUT2D eigenvalue weighted by Crippen LogP contribution is -2.44. The van der Waals surface area contributed by atoms with Crippen LogP contribution < -0.4 is 0 Å². The molecule has 2 nitrogen and oxygen atoms in total. The molecular weight excluding hydrogens is 220 g/mol. The molecule has 2 saturated carbocycles. The van der Waals surface area contributed by atoms with E-state index in [0.717, 1.165) is 6.42 Å². The molecule has 0 bridgehead atoms. The zero-order chi connectivity index (χ0) is 11.3. The van der Waals surface area contributed by atoms with Crippen LogP contribution in [0, 0.1) is 11.3 Å². The third kappa shape index (κ3) is 1.27. The van der Waals surface area contributed by atoms with Crippen molar-refractivity contribution in [3.8, 4) is 0 Å². The van der Waals surface area contributed by atoms with Gasteiger partial charge in [-0.05, 0) is 38.0 Å². The first-order valence-electron chi connectivity index (χ1n) is 6.18. The predicted octanol–water partition coefficient (Wildman–Crippen LogP) is 3.21. The van der Waals surface area contributed by atoms with Crippen molar-refractivity contribution in [2.75, 3.05) is 0 Å². The molecule has 0 aromatic rings. The third-order valence-electron chi connectivity index (χ3n) is 4.82. The second kappa shape index (κ2) is 3.46. The minimum absolute atomic E-state index is 0.212. The Morgan fingerprint density at radius 2 is 2.19 bits per heavy atom. The van der Waals surface area contributed by atoms with Crippen molar-refractivity contribution in [3.05, 3.63) is 11.6 Å². The van der Waals surface area contributed by atoms with Crippen LogP contribution in [0.3, 0.4) is 0 Å².